The summed E-state index contributed by atoms with van der Waals surface area (Å²) < 4.78 is 32.4. The fraction of sp³-hybridized carbons (Fsp3) is 0.355. The standard InChI is InChI=1S/C31H38ClN3O5S/c1-4-33-31(37)28(22-24-14-7-6-8-15-24)34(23-25-16-9-10-17-26(25)32)30(36)20-13-21-35(41(3,38)39)27-18-11-12-19-29(27)40-5-2/h6-12,14-19,28H,4-5,13,20-23H2,1-3H3,(H,33,37)/t28-/m0/s1. The maximum atomic E-state index is 13.8. The number of likely N-dealkylation sites (N-methyl/N-ethyl adjacent to an activating group) is 1. The van der Waals surface area contributed by atoms with Gasteiger partial charge in [-0.15, -0.1) is 0 Å². The predicted molar refractivity (Wildman–Crippen MR) is 164 cm³/mol. The number of rotatable bonds is 15. The minimum atomic E-state index is -3.66. The van der Waals surface area contributed by atoms with Crippen molar-refractivity contribution in [3.8, 4) is 5.75 Å². The van der Waals surface area contributed by atoms with Crippen LogP contribution in [0.15, 0.2) is 78.9 Å². The lowest BCUT2D eigenvalue weighted by Gasteiger charge is -2.32. The zero-order valence-corrected chi connectivity index (χ0v) is 25.3. The predicted octanol–water partition coefficient (Wildman–Crippen LogP) is 5.06. The molecule has 0 aliphatic heterocycles. The molecule has 0 aliphatic rings. The zero-order chi connectivity index (χ0) is 29.8. The molecule has 3 rings (SSSR count). The SMILES string of the molecule is CCNC(=O)[C@H](Cc1ccccc1)N(Cc1ccccc1Cl)C(=O)CCCN(c1ccccc1OCC)S(C)(=O)=O. The van der Waals surface area contributed by atoms with Crippen LogP contribution in [0.1, 0.15) is 37.8 Å². The fourth-order valence-electron chi connectivity index (χ4n) is 4.58. The quantitative estimate of drug-likeness (QED) is 0.263. The van der Waals surface area contributed by atoms with Crippen molar-refractivity contribution in [2.45, 2.75) is 45.7 Å². The number of anilines is 1. The molecule has 0 aromatic heterocycles. The van der Waals surface area contributed by atoms with Crippen molar-refractivity contribution in [2.24, 2.45) is 0 Å². The molecule has 8 nitrogen and oxygen atoms in total. The normalized spacial score (nSPS) is 11.9. The summed E-state index contributed by atoms with van der Waals surface area (Å²) in [6.45, 7) is 4.66. The molecule has 2 amide bonds. The second kappa shape index (κ2) is 15.4. The Morgan fingerprint density at radius 1 is 0.951 bits per heavy atom. The number of para-hydroxylation sites is 2. The van der Waals surface area contributed by atoms with E-state index in [1.807, 2.05) is 62.4 Å². The molecule has 0 radical (unpaired) electrons. The summed E-state index contributed by atoms with van der Waals surface area (Å²) in [5, 5.41) is 3.36. The molecule has 0 unspecified atom stereocenters. The van der Waals surface area contributed by atoms with Crippen LogP contribution in [0, 0.1) is 0 Å². The summed E-state index contributed by atoms with van der Waals surface area (Å²) in [4.78, 5) is 28.7. The molecule has 3 aromatic carbocycles. The highest BCUT2D eigenvalue weighted by atomic mass is 35.5. The third-order valence-electron chi connectivity index (χ3n) is 6.51. The molecular formula is C31H38ClN3O5S. The second-order valence-corrected chi connectivity index (χ2v) is 11.9. The van der Waals surface area contributed by atoms with E-state index < -0.39 is 16.1 Å². The Morgan fingerprint density at radius 2 is 1.61 bits per heavy atom. The van der Waals surface area contributed by atoms with Crippen LogP contribution in [0.3, 0.4) is 0 Å². The van der Waals surface area contributed by atoms with Gasteiger partial charge in [0.15, 0.2) is 0 Å². The first-order valence-electron chi connectivity index (χ1n) is 13.7. The topological polar surface area (TPSA) is 96.0 Å². The number of nitrogens with zero attached hydrogens (tertiary/aromatic N) is 2. The maximum Gasteiger partial charge on any atom is 0.243 e. The van der Waals surface area contributed by atoms with Crippen LogP contribution in [0.25, 0.3) is 0 Å². The lowest BCUT2D eigenvalue weighted by atomic mass is 10.0. The Morgan fingerprint density at radius 3 is 2.27 bits per heavy atom. The van der Waals surface area contributed by atoms with E-state index in [9.17, 15) is 18.0 Å². The minimum Gasteiger partial charge on any atom is -0.492 e. The molecular weight excluding hydrogens is 562 g/mol. The van der Waals surface area contributed by atoms with Crippen molar-refractivity contribution in [1.82, 2.24) is 10.2 Å². The molecule has 0 aliphatic carbocycles. The first-order chi connectivity index (χ1) is 19.7. The Balaban J connectivity index is 1.88. The van der Waals surface area contributed by atoms with Crippen molar-refractivity contribution < 1.29 is 22.7 Å². The minimum absolute atomic E-state index is 0.0258. The molecule has 0 heterocycles. The molecule has 1 atom stereocenters. The van der Waals surface area contributed by atoms with E-state index in [4.69, 9.17) is 16.3 Å². The monoisotopic (exact) mass is 599 g/mol. The average molecular weight is 600 g/mol. The van der Waals surface area contributed by atoms with Gasteiger partial charge in [-0.1, -0.05) is 72.3 Å². The number of nitrogens with one attached hydrogen (secondary N) is 1. The van der Waals surface area contributed by atoms with Gasteiger partial charge in [-0.05, 0) is 49.6 Å². The summed E-state index contributed by atoms with van der Waals surface area (Å²) in [6.07, 6.45) is 1.71. The number of carbonyl (C=O) groups excluding carboxylic acids is 2. The largest absolute Gasteiger partial charge is 0.492 e. The van der Waals surface area contributed by atoms with Crippen molar-refractivity contribution in [1.29, 1.82) is 0 Å². The number of sulfonamides is 1. The summed E-state index contributed by atoms with van der Waals surface area (Å²) >= 11 is 6.46. The van der Waals surface area contributed by atoms with Gasteiger partial charge in [-0.3, -0.25) is 13.9 Å². The van der Waals surface area contributed by atoms with E-state index in [0.29, 0.717) is 41.6 Å². The van der Waals surface area contributed by atoms with Crippen LogP contribution in [0.5, 0.6) is 5.75 Å². The van der Waals surface area contributed by atoms with Gasteiger partial charge in [0.05, 0.1) is 18.6 Å². The first kappa shape index (κ1) is 32.0. The molecule has 0 saturated carbocycles. The number of ether oxygens (including phenoxy) is 1. The van der Waals surface area contributed by atoms with Gasteiger partial charge in [0.25, 0.3) is 0 Å². The summed E-state index contributed by atoms with van der Waals surface area (Å²) in [5.41, 5.74) is 2.05. The highest BCUT2D eigenvalue weighted by molar-refractivity contribution is 7.92. The van der Waals surface area contributed by atoms with E-state index in [1.165, 1.54) is 4.31 Å². The number of hydrogen-bond donors (Lipinski definition) is 1. The first-order valence-corrected chi connectivity index (χ1v) is 15.9. The molecule has 0 fully saturated rings. The molecule has 0 bridgehead atoms. The smallest absolute Gasteiger partial charge is 0.243 e. The molecule has 220 valence electrons. The Labute approximate surface area is 248 Å². The number of carbonyl (C=O) groups is 2. The molecule has 0 spiro atoms. The van der Waals surface area contributed by atoms with Gasteiger partial charge in [0.2, 0.25) is 21.8 Å². The van der Waals surface area contributed by atoms with E-state index in [0.717, 1.165) is 11.8 Å². The van der Waals surface area contributed by atoms with Crippen molar-refractivity contribution in [2.75, 3.05) is 30.3 Å². The molecule has 10 heteroatoms. The van der Waals surface area contributed by atoms with Crippen LogP contribution in [0.2, 0.25) is 5.02 Å². The highest BCUT2D eigenvalue weighted by Gasteiger charge is 2.31. The van der Waals surface area contributed by atoms with Crippen LogP contribution in [0.4, 0.5) is 5.69 Å². The number of hydrogen-bond acceptors (Lipinski definition) is 5. The third-order valence-corrected chi connectivity index (χ3v) is 8.06. The number of benzene rings is 3. The fourth-order valence-corrected chi connectivity index (χ4v) is 5.74. The van der Waals surface area contributed by atoms with Crippen molar-refractivity contribution in [3.63, 3.8) is 0 Å². The number of amides is 2. The lowest BCUT2D eigenvalue weighted by Crippen LogP contribution is -2.50. The molecule has 3 aromatic rings. The highest BCUT2D eigenvalue weighted by Crippen LogP contribution is 2.30. The van der Waals surface area contributed by atoms with Crippen LogP contribution < -0.4 is 14.4 Å². The van der Waals surface area contributed by atoms with Gasteiger partial charge in [-0.25, -0.2) is 8.42 Å². The molecule has 1 N–H and O–H groups in total. The average Bonchev–Trinajstić information content (AvgIpc) is 2.94. The Kier molecular flexibility index (Phi) is 12.0. The van der Waals surface area contributed by atoms with E-state index in [2.05, 4.69) is 5.32 Å². The summed E-state index contributed by atoms with van der Waals surface area (Å²) in [6, 6.07) is 22.9. The third kappa shape index (κ3) is 9.23. The number of halogens is 1. The Hall–Kier alpha value is -3.56. The summed E-state index contributed by atoms with van der Waals surface area (Å²) in [5.74, 6) is -0.0879. The van der Waals surface area contributed by atoms with Crippen LogP contribution in [-0.2, 0) is 32.6 Å². The lowest BCUT2D eigenvalue weighted by molar-refractivity contribution is -0.141. The Bertz CT molecular complexity index is 1400. The van der Waals surface area contributed by atoms with Gasteiger partial charge < -0.3 is 15.0 Å². The summed E-state index contributed by atoms with van der Waals surface area (Å²) in [7, 11) is -3.66. The van der Waals surface area contributed by atoms with E-state index in [1.54, 1.807) is 35.2 Å². The van der Waals surface area contributed by atoms with E-state index in [-0.39, 0.29) is 37.7 Å². The van der Waals surface area contributed by atoms with Crippen molar-refractivity contribution >= 4 is 39.1 Å². The molecule has 41 heavy (non-hydrogen) atoms. The van der Waals surface area contributed by atoms with Crippen LogP contribution in [-0.4, -0.2) is 57.1 Å². The van der Waals surface area contributed by atoms with Crippen molar-refractivity contribution in [3.05, 3.63) is 95.0 Å². The van der Waals surface area contributed by atoms with Crippen LogP contribution >= 0.6 is 11.6 Å². The maximum absolute atomic E-state index is 13.8. The van der Waals surface area contributed by atoms with Gasteiger partial charge in [-0.2, -0.15) is 0 Å². The van der Waals surface area contributed by atoms with Gasteiger partial charge >= 0.3 is 0 Å². The zero-order valence-electron chi connectivity index (χ0n) is 23.8. The second-order valence-electron chi connectivity index (χ2n) is 9.55. The van der Waals surface area contributed by atoms with E-state index >= 15 is 0 Å². The van der Waals surface area contributed by atoms with Gasteiger partial charge in [0.1, 0.15) is 11.8 Å². The van der Waals surface area contributed by atoms with Gasteiger partial charge in [0, 0.05) is 37.5 Å². The molecule has 0 saturated heterocycles.